The molecule has 1 aromatic carbocycles. The average molecular weight is 266 g/mol. The Morgan fingerprint density at radius 3 is 2.60 bits per heavy atom. The van der Waals surface area contributed by atoms with Crippen LogP contribution in [0.5, 0.6) is 0 Å². The van der Waals surface area contributed by atoms with Gasteiger partial charge in [0.1, 0.15) is 0 Å². The van der Waals surface area contributed by atoms with Crippen molar-refractivity contribution in [2.24, 2.45) is 4.99 Å². The molecule has 2 rings (SSSR count). The predicted molar refractivity (Wildman–Crippen MR) is 60.0 cm³/mol. The van der Waals surface area contributed by atoms with E-state index in [0.717, 1.165) is 5.56 Å². The first-order valence-electron chi connectivity index (χ1n) is 4.76. The number of aliphatic imine (C=N–C) groups is 1. The van der Waals surface area contributed by atoms with Gasteiger partial charge in [-0.1, -0.05) is 0 Å². The predicted octanol–water partition coefficient (Wildman–Crippen LogP) is 0.560. The minimum absolute atomic E-state index is 0.0238. The van der Waals surface area contributed by atoms with Gasteiger partial charge in [0, 0.05) is 0 Å². The van der Waals surface area contributed by atoms with Crippen molar-refractivity contribution in [1.82, 2.24) is 5.32 Å². The van der Waals surface area contributed by atoms with Crippen LogP contribution in [-0.4, -0.2) is 32.7 Å². The zero-order valence-electron chi connectivity index (χ0n) is 8.36. The van der Waals surface area contributed by atoms with E-state index in [1.807, 2.05) is 31.2 Å². The molecule has 0 saturated heterocycles. The summed E-state index contributed by atoms with van der Waals surface area (Å²) in [7, 11) is 0. The van der Waals surface area contributed by atoms with Crippen LogP contribution in [0, 0.1) is 6.92 Å². The van der Waals surface area contributed by atoms with Crippen LogP contribution in [0.4, 0.5) is 0 Å². The van der Waals surface area contributed by atoms with Gasteiger partial charge in [-0.25, -0.2) is 0 Å². The zero-order valence-corrected chi connectivity index (χ0v) is 10.1. The number of aryl methyl sites for hydroxylation is 1. The molecule has 15 heavy (non-hydrogen) atoms. The van der Waals surface area contributed by atoms with Gasteiger partial charge in [0.05, 0.1) is 0 Å². The summed E-state index contributed by atoms with van der Waals surface area (Å²) in [6.07, 6.45) is 0.664. The van der Waals surface area contributed by atoms with Crippen LogP contribution in [0.2, 0.25) is 0 Å². The zero-order chi connectivity index (χ0) is 10.8. The van der Waals surface area contributed by atoms with Crippen LogP contribution in [0.1, 0.15) is 11.1 Å². The van der Waals surface area contributed by atoms with Gasteiger partial charge in [-0.3, -0.25) is 0 Å². The molecule has 1 radical (unpaired) electrons. The van der Waals surface area contributed by atoms with Gasteiger partial charge in [0.15, 0.2) is 0 Å². The number of carbonyl (C=O) groups excluding carboxylic acids is 1. The van der Waals surface area contributed by atoms with Crippen molar-refractivity contribution in [3.05, 3.63) is 35.4 Å². The van der Waals surface area contributed by atoms with Gasteiger partial charge < -0.3 is 0 Å². The van der Waals surface area contributed by atoms with Crippen LogP contribution < -0.4 is 5.32 Å². The van der Waals surface area contributed by atoms with Crippen LogP contribution >= 0.6 is 0 Å². The quantitative estimate of drug-likeness (QED) is 0.781. The number of amidine groups is 1. The Labute approximate surface area is 96.8 Å². The maximum atomic E-state index is 11.4. The van der Waals surface area contributed by atoms with Crippen LogP contribution in [-0.2, 0) is 11.2 Å². The second-order valence-electron chi connectivity index (χ2n) is 3.63. The Hall–Kier alpha value is -1.12. The van der Waals surface area contributed by atoms with Crippen LogP contribution in [0.3, 0.4) is 0 Å². The maximum absolute atomic E-state index is 11.4. The molecule has 0 spiro atoms. The molecule has 1 atom stereocenters. The molecule has 1 aromatic rings. The summed E-state index contributed by atoms with van der Waals surface area (Å²) in [4.78, 5) is 15.6. The molecule has 0 fully saturated rings. The molecule has 3 nitrogen and oxygen atoms in total. The van der Waals surface area contributed by atoms with E-state index in [-0.39, 0.29) is 11.9 Å². The molecule has 1 aliphatic rings. The van der Waals surface area contributed by atoms with Crippen LogP contribution in [0.15, 0.2) is 29.3 Å². The second-order valence-corrected chi connectivity index (χ2v) is 4.44. The van der Waals surface area contributed by atoms with Crippen molar-refractivity contribution in [2.45, 2.75) is 19.4 Å². The molecular weight excluding hydrogens is 255 g/mol. The fraction of sp³-hybridized carbons (Fsp3) is 0.273. The molecule has 1 heterocycles. The van der Waals surface area contributed by atoms with Crippen molar-refractivity contribution in [3.8, 4) is 0 Å². The summed E-state index contributed by atoms with van der Waals surface area (Å²) >= 11 is 2.71. The third kappa shape index (κ3) is 2.46. The first-order valence-corrected chi connectivity index (χ1v) is 5.62. The number of nitrogens with one attached hydrogen (secondary N) is 1. The van der Waals surface area contributed by atoms with E-state index in [1.54, 1.807) is 0 Å². The summed E-state index contributed by atoms with van der Waals surface area (Å²) in [5.41, 5.74) is 2.36. The Balaban J connectivity index is 2.09. The van der Waals surface area contributed by atoms with E-state index in [4.69, 9.17) is 0 Å². The van der Waals surface area contributed by atoms with E-state index in [1.165, 1.54) is 5.56 Å². The van der Waals surface area contributed by atoms with Gasteiger partial charge >= 0.3 is 96.5 Å². The first kappa shape index (κ1) is 10.4. The van der Waals surface area contributed by atoms with Crippen molar-refractivity contribution >= 4 is 26.7 Å². The van der Waals surface area contributed by atoms with E-state index in [2.05, 4.69) is 26.3 Å². The van der Waals surface area contributed by atoms with E-state index >= 15 is 0 Å². The monoisotopic (exact) mass is 267 g/mol. The summed E-state index contributed by atoms with van der Waals surface area (Å²) in [6, 6.07) is 7.89. The van der Waals surface area contributed by atoms with Crippen molar-refractivity contribution < 1.29 is 4.79 Å². The number of rotatable bonds is 2. The Morgan fingerprint density at radius 2 is 2.07 bits per heavy atom. The molecule has 4 heteroatoms. The van der Waals surface area contributed by atoms with Gasteiger partial charge in [-0.15, -0.1) is 0 Å². The number of benzene rings is 1. The molecule has 77 valence electrons. The van der Waals surface area contributed by atoms with Gasteiger partial charge in [0.2, 0.25) is 0 Å². The first-order chi connectivity index (χ1) is 7.15. The van der Waals surface area contributed by atoms with E-state index in [0.29, 0.717) is 11.2 Å². The van der Waals surface area contributed by atoms with Crippen molar-refractivity contribution in [1.29, 1.82) is 0 Å². The number of amides is 1. The number of hydrogen-bond acceptors (Lipinski definition) is 2. The number of carbonyl (C=O) groups is 1. The standard InChI is InChI=1S/C11H11N2OSe/c1-7-2-4-8(5-3-7)6-9-10(14)13-11(15)12-9/h2-5,9H,6H2,1H3,(H,12,13,14). The van der Waals surface area contributed by atoms with E-state index in [9.17, 15) is 4.79 Å². The summed E-state index contributed by atoms with van der Waals surface area (Å²) < 4.78 is 0.595. The summed E-state index contributed by atoms with van der Waals surface area (Å²) in [6.45, 7) is 2.04. The molecule has 0 bridgehead atoms. The molecule has 0 aliphatic carbocycles. The fourth-order valence-corrected chi connectivity index (χ4v) is 1.98. The summed E-state index contributed by atoms with van der Waals surface area (Å²) in [5.74, 6) is -0.0238. The third-order valence-electron chi connectivity index (χ3n) is 2.36. The van der Waals surface area contributed by atoms with Crippen molar-refractivity contribution in [2.75, 3.05) is 0 Å². The Kier molecular flexibility index (Phi) is 2.89. The number of hydrogen-bond donors (Lipinski definition) is 1. The Morgan fingerprint density at radius 1 is 1.40 bits per heavy atom. The van der Waals surface area contributed by atoms with Crippen molar-refractivity contribution in [3.63, 3.8) is 0 Å². The Bertz CT molecular complexity index is 411. The topological polar surface area (TPSA) is 41.5 Å². The molecule has 1 unspecified atom stereocenters. The average Bonchev–Trinajstić information content (AvgIpc) is 2.49. The van der Waals surface area contributed by atoms with Gasteiger partial charge in [-0.2, -0.15) is 0 Å². The molecule has 1 N–H and O–H groups in total. The molecule has 1 aliphatic heterocycles. The molecule has 0 aromatic heterocycles. The summed E-state index contributed by atoms with van der Waals surface area (Å²) in [5, 5.41) is 2.65. The normalized spacial score (nSPS) is 19.9. The fourth-order valence-electron chi connectivity index (χ4n) is 1.51. The van der Waals surface area contributed by atoms with Crippen LogP contribution in [0.25, 0.3) is 0 Å². The SMILES string of the molecule is Cc1ccc(CC2N=C([Se])NC2=O)cc1. The minimum atomic E-state index is -0.274. The molecule has 0 saturated carbocycles. The van der Waals surface area contributed by atoms with E-state index < -0.39 is 0 Å². The third-order valence-corrected chi connectivity index (χ3v) is 2.79. The van der Waals surface area contributed by atoms with Gasteiger partial charge in [-0.05, 0) is 0 Å². The second kappa shape index (κ2) is 4.17. The molecular formula is C11H11N2OSe. The van der Waals surface area contributed by atoms with Gasteiger partial charge in [0.25, 0.3) is 0 Å². The molecule has 1 amide bonds. The number of nitrogens with zero attached hydrogens (tertiary/aromatic N) is 1.